The molecule has 0 aliphatic carbocycles. The fraction of sp³-hybridized carbons (Fsp3) is 0.444. The van der Waals surface area contributed by atoms with Crippen molar-refractivity contribution in [2.24, 2.45) is 0 Å². The second-order valence-corrected chi connectivity index (χ2v) is 7.77. The molecule has 6 nitrogen and oxygen atoms in total. The van der Waals surface area contributed by atoms with Crippen LogP contribution in [0, 0.1) is 0 Å². The molecule has 0 bridgehead atoms. The fourth-order valence-corrected chi connectivity index (χ4v) is 2.65. The molecule has 0 fully saturated rings. The lowest BCUT2D eigenvalue weighted by atomic mass is 9.95. The molecule has 136 valence electrons. The monoisotopic (exact) mass is 362 g/mol. The number of carbonyl (C=O) groups excluding carboxylic acids is 1. The van der Waals surface area contributed by atoms with Gasteiger partial charge in [-0.2, -0.15) is 4.98 Å². The van der Waals surface area contributed by atoms with Crippen molar-refractivity contribution in [3.05, 3.63) is 41.3 Å². The molecule has 0 saturated carbocycles. The fourth-order valence-electron chi connectivity index (χ4n) is 2.28. The third-order valence-corrected chi connectivity index (χ3v) is 4.31. The average molecular weight is 362 g/mol. The molecule has 0 aliphatic rings. The minimum Gasteiger partial charge on any atom is -0.431 e. The van der Waals surface area contributed by atoms with Gasteiger partial charge in [0.15, 0.2) is 5.69 Å². The van der Waals surface area contributed by atoms with Crippen LogP contribution in [0.3, 0.4) is 0 Å². The van der Waals surface area contributed by atoms with Gasteiger partial charge in [0, 0.05) is 17.8 Å². The molecule has 25 heavy (non-hydrogen) atoms. The van der Waals surface area contributed by atoms with E-state index in [2.05, 4.69) is 60.9 Å². The van der Waals surface area contributed by atoms with Crippen LogP contribution in [0.15, 0.2) is 28.9 Å². The standard InChI is InChI=1S/C18H26N4O2S/c1-11(2)13-7-8-14(12(3)4)15(9-13)19-18-20-16(10-24-18)17(23)21-25-22(5)6/h7-12H,1-6H3,(H,19,20)(H,21,23). The molecule has 1 amide bonds. The molecule has 0 radical (unpaired) electrons. The maximum absolute atomic E-state index is 12.0. The van der Waals surface area contributed by atoms with Gasteiger partial charge < -0.3 is 9.73 Å². The Morgan fingerprint density at radius 1 is 1.20 bits per heavy atom. The number of nitrogens with one attached hydrogen (secondary N) is 2. The number of carbonyl (C=O) groups is 1. The number of hydrogen-bond donors (Lipinski definition) is 2. The predicted molar refractivity (Wildman–Crippen MR) is 103 cm³/mol. The van der Waals surface area contributed by atoms with Crippen LogP contribution >= 0.6 is 12.1 Å². The van der Waals surface area contributed by atoms with E-state index in [0.717, 1.165) is 5.69 Å². The molecule has 7 heteroatoms. The smallest absolute Gasteiger partial charge is 0.299 e. The highest BCUT2D eigenvalue weighted by Gasteiger charge is 2.15. The van der Waals surface area contributed by atoms with E-state index in [4.69, 9.17) is 4.42 Å². The first-order valence-corrected chi connectivity index (χ1v) is 9.06. The van der Waals surface area contributed by atoms with E-state index in [1.807, 2.05) is 14.1 Å². The van der Waals surface area contributed by atoms with E-state index in [0.29, 0.717) is 17.9 Å². The van der Waals surface area contributed by atoms with Crippen LogP contribution in [-0.2, 0) is 0 Å². The van der Waals surface area contributed by atoms with Crippen LogP contribution in [-0.4, -0.2) is 29.3 Å². The molecule has 0 spiro atoms. The molecule has 2 rings (SSSR count). The summed E-state index contributed by atoms with van der Waals surface area (Å²) in [4.78, 5) is 16.3. The van der Waals surface area contributed by atoms with Crippen LogP contribution in [0.1, 0.15) is 61.1 Å². The van der Waals surface area contributed by atoms with Gasteiger partial charge >= 0.3 is 0 Å². The number of rotatable bonds is 7. The van der Waals surface area contributed by atoms with E-state index >= 15 is 0 Å². The topological polar surface area (TPSA) is 70.4 Å². The van der Waals surface area contributed by atoms with Gasteiger partial charge in [0.1, 0.15) is 6.26 Å². The summed E-state index contributed by atoms with van der Waals surface area (Å²) < 4.78 is 9.89. The van der Waals surface area contributed by atoms with Crippen molar-refractivity contribution in [1.82, 2.24) is 14.0 Å². The lowest BCUT2D eigenvalue weighted by Crippen LogP contribution is -2.20. The average Bonchev–Trinajstić information content (AvgIpc) is 3.00. The summed E-state index contributed by atoms with van der Waals surface area (Å²) in [6.07, 6.45) is 1.36. The Labute approximate surface area is 153 Å². The van der Waals surface area contributed by atoms with Gasteiger partial charge in [-0.1, -0.05) is 39.8 Å². The summed E-state index contributed by atoms with van der Waals surface area (Å²) in [6.45, 7) is 8.60. The summed E-state index contributed by atoms with van der Waals surface area (Å²) in [7, 11) is 3.69. The van der Waals surface area contributed by atoms with Gasteiger partial charge in [-0.15, -0.1) is 0 Å². The zero-order valence-electron chi connectivity index (χ0n) is 15.6. The zero-order chi connectivity index (χ0) is 18.6. The molecule has 0 atom stereocenters. The quantitative estimate of drug-likeness (QED) is 0.706. The van der Waals surface area contributed by atoms with Crippen LogP contribution < -0.4 is 10.0 Å². The van der Waals surface area contributed by atoms with Crippen LogP contribution in [0.5, 0.6) is 0 Å². The Hall–Kier alpha value is -1.99. The SMILES string of the molecule is CC(C)c1ccc(C(C)C)c(Nc2nc(C(=O)NSN(C)C)co2)c1. The Morgan fingerprint density at radius 3 is 2.52 bits per heavy atom. The summed E-state index contributed by atoms with van der Waals surface area (Å²) in [6, 6.07) is 6.71. The first-order chi connectivity index (χ1) is 11.8. The number of oxazole rings is 1. The molecule has 1 heterocycles. The number of benzene rings is 1. The zero-order valence-corrected chi connectivity index (χ0v) is 16.4. The molecular weight excluding hydrogens is 336 g/mol. The molecule has 1 aromatic heterocycles. The van der Waals surface area contributed by atoms with Crippen LogP contribution in [0.4, 0.5) is 11.7 Å². The van der Waals surface area contributed by atoms with E-state index in [1.165, 1.54) is 29.5 Å². The van der Waals surface area contributed by atoms with Gasteiger partial charge in [0.05, 0.1) is 0 Å². The van der Waals surface area contributed by atoms with Gasteiger partial charge in [-0.05, 0) is 43.1 Å². The van der Waals surface area contributed by atoms with Crippen molar-refractivity contribution >= 4 is 29.7 Å². The summed E-state index contributed by atoms with van der Waals surface area (Å²) in [5, 5.41) is 3.21. The number of amides is 1. The number of anilines is 2. The van der Waals surface area contributed by atoms with Gasteiger partial charge in [0.2, 0.25) is 0 Å². The molecule has 1 aromatic carbocycles. The Kier molecular flexibility index (Phi) is 6.50. The lowest BCUT2D eigenvalue weighted by Gasteiger charge is -2.16. The van der Waals surface area contributed by atoms with Gasteiger partial charge in [0.25, 0.3) is 11.9 Å². The Bertz CT molecular complexity index is 726. The number of aromatic nitrogens is 1. The van der Waals surface area contributed by atoms with E-state index < -0.39 is 0 Å². The van der Waals surface area contributed by atoms with Crippen LogP contribution in [0.2, 0.25) is 0 Å². The maximum atomic E-state index is 12.0. The van der Waals surface area contributed by atoms with Crippen molar-refractivity contribution in [3.63, 3.8) is 0 Å². The second-order valence-electron chi connectivity index (χ2n) is 6.65. The lowest BCUT2D eigenvalue weighted by molar-refractivity contribution is 0.0978. The van der Waals surface area contributed by atoms with Crippen molar-refractivity contribution in [2.75, 3.05) is 19.4 Å². The highest BCUT2D eigenvalue weighted by molar-refractivity contribution is 7.95. The first-order valence-electron chi connectivity index (χ1n) is 8.29. The highest BCUT2D eigenvalue weighted by atomic mass is 32.2. The van der Waals surface area contributed by atoms with Crippen LogP contribution in [0.25, 0.3) is 0 Å². The third-order valence-electron chi connectivity index (χ3n) is 3.67. The number of hydrogen-bond acceptors (Lipinski definition) is 6. The third kappa shape index (κ3) is 5.24. The summed E-state index contributed by atoms with van der Waals surface area (Å²) in [5.41, 5.74) is 3.61. The normalized spacial score (nSPS) is 11.4. The molecule has 0 saturated heterocycles. The Morgan fingerprint density at radius 2 is 1.92 bits per heavy atom. The minimum absolute atomic E-state index is 0.239. The minimum atomic E-state index is -0.296. The summed E-state index contributed by atoms with van der Waals surface area (Å²) in [5.74, 6) is 0.490. The molecular formula is C18H26N4O2S. The van der Waals surface area contributed by atoms with E-state index in [9.17, 15) is 4.79 Å². The predicted octanol–water partition coefficient (Wildman–Crippen LogP) is 4.52. The van der Waals surface area contributed by atoms with Crippen molar-refractivity contribution in [2.45, 2.75) is 39.5 Å². The second kappa shape index (κ2) is 8.40. The highest BCUT2D eigenvalue weighted by Crippen LogP contribution is 2.30. The van der Waals surface area contributed by atoms with E-state index in [-0.39, 0.29) is 11.6 Å². The molecule has 0 unspecified atom stereocenters. The summed E-state index contributed by atoms with van der Waals surface area (Å²) >= 11 is 1.19. The molecule has 2 aromatic rings. The first kappa shape index (κ1) is 19.3. The Balaban J connectivity index is 2.19. The van der Waals surface area contributed by atoms with Gasteiger partial charge in [-0.25, -0.2) is 4.31 Å². The van der Waals surface area contributed by atoms with Crippen molar-refractivity contribution in [1.29, 1.82) is 0 Å². The van der Waals surface area contributed by atoms with E-state index in [1.54, 1.807) is 4.31 Å². The largest absolute Gasteiger partial charge is 0.431 e. The number of nitrogens with zero attached hydrogens (tertiary/aromatic N) is 2. The van der Waals surface area contributed by atoms with Gasteiger partial charge in [-0.3, -0.25) is 9.52 Å². The van der Waals surface area contributed by atoms with Crippen molar-refractivity contribution < 1.29 is 9.21 Å². The maximum Gasteiger partial charge on any atom is 0.299 e. The van der Waals surface area contributed by atoms with Crippen molar-refractivity contribution in [3.8, 4) is 0 Å². The molecule has 0 aliphatic heterocycles. The molecule has 2 N–H and O–H groups in total.